The van der Waals surface area contributed by atoms with Gasteiger partial charge in [-0.2, -0.15) is 0 Å². The van der Waals surface area contributed by atoms with Crippen molar-refractivity contribution in [1.82, 2.24) is 14.9 Å². The molecule has 7 heteroatoms. The maximum atomic E-state index is 12.5. The molecule has 5 nitrogen and oxygen atoms in total. The Morgan fingerprint density at radius 3 is 2.83 bits per heavy atom. The molecule has 0 radical (unpaired) electrons. The summed E-state index contributed by atoms with van der Waals surface area (Å²) in [6.07, 6.45) is 0. The minimum Gasteiger partial charge on any atom is -0.337 e. The van der Waals surface area contributed by atoms with Gasteiger partial charge >= 0.3 is 0 Å². The van der Waals surface area contributed by atoms with E-state index in [1.807, 2.05) is 48.7 Å². The van der Waals surface area contributed by atoms with Gasteiger partial charge in [-0.15, -0.1) is 23.1 Å². The second kappa shape index (κ2) is 7.19. The lowest BCUT2D eigenvalue weighted by molar-refractivity contribution is -0.129. The third-order valence-electron chi connectivity index (χ3n) is 3.53. The lowest BCUT2D eigenvalue weighted by Crippen LogP contribution is -2.33. The number of carbonyl (C=O) groups is 1. The van der Waals surface area contributed by atoms with Crippen LogP contribution in [0, 0.1) is 0 Å². The Kier molecular flexibility index (Phi) is 5.01. The van der Waals surface area contributed by atoms with Crippen molar-refractivity contribution in [3.63, 3.8) is 0 Å². The fraction of sp³-hybridized carbons (Fsp3) is 0.235. The van der Waals surface area contributed by atoms with Gasteiger partial charge in [0.25, 0.3) is 5.56 Å². The summed E-state index contributed by atoms with van der Waals surface area (Å²) >= 11 is 2.88. The van der Waals surface area contributed by atoms with E-state index >= 15 is 0 Å². The number of benzene rings is 1. The van der Waals surface area contributed by atoms with Crippen molar-refractivity contribution in [2.45, 2.75) is 23.6 Å². The molecule has 1 amide bonds. The first-order valence-electron chi connectivity index (χ1n) is 7.47. The van der Waals surface area contributed by atoms with E-state index in [0.717, 1.165) is 4.90 Å². The minimum absolute atomic E-state index is 0.00285. The maximum absolute atomic E-state index is 12.5. The summed E-state index contributed by atoms with van der Waals surface area (Å²) in [6.45, 7) is 2.16. The van der Waals surface area contributed by atoms with Gasteiger partial charge in [-0.1, -0.05) is 18.2 Å². The predicted molar refractivity (Wildman–Crippen MR) is 98.5 cm³/mol. The fourth-order valence-corrected chi connectivity index (χ4v) is 4.09. The van der Waals surface area contributed by atoms with E-state index in [9.17, 15) is 9.59 Å². The van der Waals surface area contributed by atoms with Crippen molar-refractivity contribution in [2.75, 3.05) is 7.05 Å². The molecule has 2 heterocycles. The molecule has 0 aliphatic rings. The van der Waals surface area contributed by atoms with E-state index < -0.39 is 0 Å². The zero-order chi connectivity index (χ0) is 17.1. The molecule has 0 spiro atoms. The molecule has 0 bridgehead atoms. The van der Waals surface area contributed by atoms with Crippen LogP contribution in [-0.2, 0) is 11.3 Å². The van der Waals surface area contributed by atoms with E-state index in [-0.39, 0.29) is 23.3 Å². The number of thioether (sulfide) groups is 1. The Morgan fingerprint density at radius 2 is 2.08 bits per heavy atom. The first-order valence-corrected chi connectivity index (χ1v) is 9.23. The molecule has 24 heavy (non-hydrogen) atoms. The number of fused-ring (bicyclic) bond motifs is 1. The molecule has 3 rings (SSSR count). The number of thiophene rings is 1. The van der Waals surface area contributed by atoms with E-state index in [1.54, 1.807) is 11.9 Å². The molecular weight excluding hydrogens is 342 g/mol. The summed E-state index contributed by atoms with van der Waals surface area (Å²) in [5, 5.41) is 1.62. The van der Waals surface area contributed by atoms with E-state index in [0.29, 0.717) is 16.0 Å². The largest absolute Gasteiger partial charge is 0.337 e. The summed E-state index contributed by atoms with van der Waals surface area (Å²) in [5.74, 6) is 0.496. The molecule has 0 aliphatic heterocycles. The second-order valence-corrected chi connectivity index (χ2v) is 7.75. The number of nitrogens with one attached hydrogen (secondary N) is 1. The molecule has 1 atom stereocenters. The Balaban J connectivity index is 1.69. The van der Waals surface area contributed by atoms with Gasteiger partial charge in [0.1, 0.15) is 10.5 Å². The highest BCUT2D eigenvalue weighted by molar-refractivity contribution is 8.00. The molecule has 124 valence electrons. The maximum Gasteiger partial charge on any atom is 0.268 e. The quantitative estimate of drug-likeness (QED) is 0.711. The van der Waals surface area contributed by atoms with E-state index in [2.05, 4.69) is 9.97 Å². The highest BCUT2D eigenvalue weighted by Crippen LogP contribution is 2.24. The molecular formula is C17H17N3O2S2. The van der Waals surface area contributed by atoms with Crippen LogP contribution in [0.4, 0.5) is 0 Å². The SMILES string of the molecule is CC(Sc1ccccc1)C(=O)N(C)Cc1nc2ccsc2c(=O)[nH]1. The van der Waals surface area contributed by atoms with Crippen LogP contribution in [0.3, 0.4) is 0 Å². The zero-order valence-electron chi connectivity index (χ0n) is 13.4. The van der Waals surface area contributed by atoms with Gasteiger partial charge in [0.05, 0.1) is 17.3 Å². The average Bonchev–Trinajstić information content (AvgIpc) is 3.04. The molecule has 1 unspecified atom stereocenters. The number of H-pyrrole nitrogens is 1. The summed E-state index contributed by atoms with van der Waals surface area (Å²) in [6, 6.07) is 11.6. The summed E-state index contributed by atoms with van der Waals surface area (Å²) in [4.78, 5) is 34.3. The van der Waals surface area contributed by atoms with Crippen molar-refractivity contribution in [1.29, 1.82) is 0 Å². The standard InChI is InChI=1S/C17H17N3O2S2/c1-11(24-12-6-4-3-5-7-12)17(22)20(2)10-14-18-13-8-9-23-15(13)16(21)19-14/h3-9,11H,10H2,1-2H3,(H,18,19,21). The van der Waals surface area contributed by atoms with Crippen LogP contribution in [0.1, 0.15) is 12.7 Å². The van der Waals surface area contributed by atoms with Gasteiger partial charge in [0.2, 0.25) is 5.91 Å². The number of nitrogens with zero attached hydrogens (tertiary/aromatic N) is 2. The lowest BCUT2D eigenvalue weighted by Gasteiger charge is -2.20. The molecule has 0 aliphatic carbocycles. The topological polar surface area (TPSA) is 66.1 Å². The van der Waals surface area contributed by atoms with Gasteiger partial charge in [0, 0.05) is 11.9 Å². The van der Waals surface area contributed by atoms with Gasteiger partial charge in [-0.05, 0) is 30.5 Å². The molecule has 0 fully saturated rings. The van der Waals surface area contributed by atoms with Crippen LogP contribution >= 0.6 is 23.1 Å². The van der Waals surface area contributed by atoms with Crippen LogP contribution in [0.5, 0.6) is 0 Å². The van der Waals surface area contributed by atoms with Crippen molar-refractivity contribution in [3.05, 3.63) is 58.0 Å². The first-order chi connectivity index (χ1) is 11.5. The average molecular weight is 359 g/mol. The number of aromatic amines is 1. The molecule has 1 aromatic carbocycles. The van der Waals surface area contributed by atoms with Gasteiger partial charge in [-0.25, -0.2) is 4.98 Å². The molecule has 2 aromatic heterocycles. The third kappa shape index (κ3) is 3.68. The van der Waals surface area contributed by atoms with E-state index in [1.165, 1.54) is 23.1 Å². The normalized spacial score (nSPS) is 12.2. The van der Waals surface area contributed by atoms with Crippen LogP contribution in [0.25, 0.3) is 10.2 Å². The van der Waals surface area contributed by atoms with Crippen molar-refractivity contribution < 1.29 is 4.79 Å². The number of amides is 1. The van der Waals surface area contributed by atoms with Crippen molar-refractivity contribution >= 4 is 39.2 Å². The Hall–Kier alpha value is -2.12. The Bertz CT molecular complexity index is 905. The highest BCUT2D eigenvalue weighted by Gasteiger charge is 2.19. The number of rotatable bonds is 5. The van der Waals surface area contributed by atoms with Crippen LogP contribution in [0.2, 0.25) is 0 Å². The minimum atomic E-state index is -0.214. The van der Waals surface area contributed by atoms with Crippen molar-refractivity contribution in [3.8, 4) is 0 Å². The number of aromatic nitrogens is 2. The number of hydrogen-bond acceptors (Lipinski definition) is 5. The first kappa shape index (κ1) is 16.7. The zero-order valence-corrected chi connectivity index (χ0v) is 15.0. The molecule has 3 aromatic rings. The second-order valence-electron chi connectivity index (χ2n) is 5.42. The monoisotopic (exact) mass is 359 g/mol. The number of hydrogen-bond donors (Lipinski definition) is 1. The summed E-state index contributed by atoms with van der Waals surface area (Å²) < 4.78 is 0.612. The molecule has 0 saturated carbocycles. The summed E-state index contributed by atoms with van der Waals surface area (Å²) in [7, 11) is 1.72. The Labute approximate surface area is 147 Å². The van der Waals surface area contributed by atoms with Crippen molar-refractivity contribution in [2.24, 2.45) is 0 Å². The number of carbonyl (C=O) groups excluding carboxylic acids is 1. The Morgan fingerprint density at radius 1 is 1.33 bits per heavy atom. The van der Waals surface area contributed by atoms with Gasteiger partial charge < -0.3 is 9.88 Å². The van der Waals surface area contributed by atoms with Gasteiger partial charge in [-0.3, -0.25) is 9.59 Å². The molecule has 1 N–H and O–H groups in total. The molecule has 0 saturated heterocycles. The lowest BCUT2D eigenvalue weighted by atomic mass is 10.3. The fourth-order valence-electron chi connectivity index (χ4n) is 2.36. The van der Waals surface area contributed by atoms with Gasteiger partial charge in [0.15, 0.2) is 0 Å². The summed E-state index contributed by atoms with van der Waals surface area (Å²) in [5.41, 5.74) is 0.517. The van der Waals surface area contributed by atoms with E-state index in [4.69, 9.17) is 0 Å². The predicted octanol–water partition coefficient (Wildman–Crippen LogP) is 3.12. The smallest absolute Gasteiger partial charge is 0.268 e. The highest BCUT2D eigenvalue weighted by atomic mass is 32.2. The van der Waals surface area contributed by atoms with Crippen LogP contribution in [-0.4, -0.2) is 33.1 Å². The van der Waals surface area contributed by atoms with Crippen LogP contribution in [0.15, 0.2) is 51.5 Å². The third-order valence-corrected chi connectivity index (χ3v) is 5.53. The van der Waals surface area contributed by atoms with Crippen LogP contribution < -0.4 is 5.56 Å².